The molecule has 4 atom stereocenters. The van der Waals surface area contributed by atoms with E-state index in [1.54, 1.807) is 48.5 Å². The molecular weight excluding hydrogens is 512 g/mol. The van der Waals surface area contributed by atoms with Crippen LogP contribution in [0, 0.1) is 11.8 Å². The maximum Gasteiger partial charge on any atom is 0.337 e. The van der Waals surface area contributed by atoms with E-state index in [0.717, 1.165) is 11.1 Å². The van der Waals surface area contributed by atoms with Crippen molar-refractivity contribution in [3.8, 4) is 0 Å². The van der Waals surface area contributed by atoms with Gasteiger partial charge in [0, 0.05) is 23.0 Å². The molecule has 0 radical (unpaired) electrons. The Bertz CT molecular complexity index is 1450. The summed E-state index contributed by atoms with van der Waals surface area (Å²) in [6, 6.07) is 13.5. The summed E-state index contributed by atoms with van der Waals surface area (Å²) in [6.07, 6.45) is 7.40. The largest absolute Gasteiger partial charge is 0.465 e. The van der Waals surface area contributed by atoms with E-state index in [0.29, 0.717) is 11.1 Å². The van der Waals surface area contributed by atoms with Crippen LogP contribution in [0.5, 0.6) is 0 Å². The fourth-order valence-corrected chi connectivity index (χ4v) is 5.84. The van der Waals surface area contributed by atoms with E-state index in [4.69, 9.17) is 9.47 Å². The third-order valence-corrected chi connectivity index (χ3v) is 7.66. The van der Waals surface area contributed by atoms with Crippen molar-refractivity contribution in [3.05, 3.63) is 118 Å². The highest BCUT2D eigenvalue weighted by Gasteiger charge is 2.56. The molecule has 8 heteroatoms. The quantitative estimate of drug-likeness (QED) is 0.405. The summed E-state index contributed by atoms with van der Waals surface area (Å²) in [5.41, 5.74) is 2.69. The first-order chi connectivity index (χ1) is 19.2. The van der Waals surface area contributed by atoms with Crippen LogP contribution in [0.2, 0.25) is 0 Å². The van der Waals surface area contributed by atoms with Crippen LogP contribution >= 0.6 is 0 Å². The first-order valence-corrected chi connectivity index (χ1v) is 12.6. The van der Waals surface area contributed by atoms with Crippen molar-refractivity contribution in [2.75, 3.05) is 14.2 Å². The maximum atomic E-state index is 13.1. The molecule has 2 aromatic carbocycles. The summed E-state index contributed by atoms with van der Waals surface area (Å²) in [5.74, 6) is -4.47. The Hall–Kier alpha value is -4.98. The molecule has 0 amide bonds. The minimum Gasteiger partial charge on any atom is -0.465 e. The SMILES string of the molecule is COC(=O)c1ccc(C2C(C3=CC(=O)C=CC3=O)C(C3=CC(=O)C=CC3=O)C2c2ccc(C(=O)OC)cc2)cc1. The Morgan fingerprint density at radius 3 is 1.20 bits per heavy atom. The fraction of sp³-hybridized carbons (Fsp3) is 0.188. The first-order valence-electron chi connectivity index (χ1n) is 12.6. The fourth-order valence-electron chi connectivity index (χ4n) is 5.84. The molecule has 3 aliphatic rings. The Morgan fingerprint density at radius 2 is 0.875 bits per heavy atom. The molecule has 200 valence electrons. The molecule has 0 spiro atoms. The van der Waals surface area contributed by atoms with Gasteiger partial charge in [-0.25, -0.2) is 9.59 Å². The summed E-state index contributed by atoms with van der Waals surface area (Å²) in [7, 11) is 2.57. The van der Waals surface area contributed by atoms with Crippen LogP contribution in [-0.2, 0) is 28.7 Å². The monoisotopic (exact) mass is 536 g/mol. The Kier molecular flexibility index (Phi) is 7.09. The average Bonchev–Trinajstić information content (AvgIpc) is 2.96. The Labute approximate surface area is 229 Å². The predicted molar refractivity (Wildman–Crippen MR) is 142 cm³/mol. The number of allylic oxidation sites excluding steroid dienone is 8. The average molecular weight is 537 g/mol. The van der Waals surface area contributed by atoms with Crippen LogP contribution in [-0.4, -0.2) is 49.3 Å². The number of ether oxygens (including phenoxy) is 2. The highest BCUT2D eigenvalue weighted by molar-refractivity contribution is 6.19. The number of esters is 2. The molecule has 0 bridgehead atoms. The molecular formula is C32H24O8. The van der Waals surface area contributed by atoms with Crippen molar-refractivity contribution >= 4 is 35.1 Å². The van der Waals surface area contributed by atoms with E-state index < -0.39 is 35.6 Å². The zero-order valence-corrected chi connectivity index (χ0v) is 21.7. The normalized spacial score (nSPS) is 23.8. The number of rotatable bonds is 6. The lowest BCUT2D eigenvalue weighted by molar-refractivity contribution is -0.117. The Morgan fingerprint density at radius 1 is 0.525 bits per heavy atom. The molecule has 1 fully saturated rings. The van der Waals surface area contributed by atoms with E-state index >= 15 is 0 Å². The second-order valence-corrected chi connectivity index (χ2v) is 9.73. The van der Waals surface area contributed by atoms with Gasteiger partial charge < -0.3 is 9.47 Å². The molecule has 0 saturated heterocycles. The van der Waals surface area contributed by atoms with Crippen LogP contribution in [0.25, 0.3) is 0 Å². The van der Waals surface area contributed by atoms with Crippen molar-refractivity contribution in [2.45, 2.75) is 11.8 Å². The molecule has 5 rings (SSSR count). The summed E-state index contributed by atoms with van der Waals surface area (Å²) in [4.78, 5) is 75.1. The van der Waals surface area contributed by atoms with E-state index in [9.17, 15) is 28.8 Å². The van der Waals surface area contributed by atoms with Gasteiger partial charge in [-0.05, 0) is 83.7 Å². The van der Waals surface area contributed by atoms with E-state index in [1.807, 2.05) is 0 Å². The zero-order chi connectivity index (χ0) is 28.6. The lowest BCUT2D eigenvalue weighted by atomic mass is 9.47. The first kappa shape index (κ1) is 26.6. The summed E-state index contributed by atoms with van der Waals surface area (Å²) < 4.78 is 9.62. The van der Waals surface area contributed by atoms with Crippen LogP contribution in [0.1, 0.15) is 43.7 Å². The van der Waals surface area contributed by atoms with Gasteiger partial charge in [-0.1, -0.05) is 24.3 Å². The van der Waals surface area contributed by atoms with Gasteiger partial charge in [-0.15, -0.1) is 0 Å². The molecule has 2 aromatic rings. The highest BCUT2D eigenvalue weighted by Crippen LogP contribution is 2.63. The highest BCUT2D eigenvalue weighted by atomic mass is 16.5. The standard InChI is InChI=1S/C32H24O8/c1-39-31(37)19-7-3-17(4-8-19)27-28(18-5-9-20(10-6-18)32(38)40-2)30(24-16-22(34)12-14-26(24)36)29(27)23-15-21(33)11-13-25(23)35/h3-16,27-30H,1-2H3. The van der Waals surface area contributed by atoms with Gasteiger partial charge in [-0.3, -0.25) is 19.2 Å². The van der Waals surface area contributed by atoms with E-state index in [1.165, 1.54) is 50.7 Å². The van der Waals surface area contributed by atoms with Gasteiger partial charge in [0.15, 0.2) is 23.1 Å². The van der Waals surface area contributed by atoms with Gasteiger partial charge in [0.2, 0.25) is 0 Å². The van der Waals surface area contributed by atoms with Gasteiger partial charge in [0.05, 0.1) is 25.3 Å². The smallest absolute Gasteiger partial charge is 0.337 e. The van der Waals surface area contributed by atoms with E-state index in [2.05, 4.69) is 0 Å². The van der Waals surface area contributed by atoms with Crippen LogP contribution < -0.4 is 0 Å². The van der Waals surface area contributed by atoms with Crippen molar-refractivity contribution < 1.29 is 38.2 Å². The zero-order valence-electron chi connectivity index (χ0n) is 21.7. The molecule has 0 heterocycles. The molecule has 0 N–H and O–H groups in total. The molecule has 1 saturated carbocycles. The number of hydrogen-bond donors (Lipinski definition) is 0. The molecule has 4 unspecified atom stereocenters. The summed E-state index contributed by atoms with van der Waals surface area (Å²) >= 11 is 0. The number of carbonyl (C=O) groups excluding carboxylic acids is 6. The lowest BCUT2D eigenvalue weighted by Gasteiger charge is -2.54. The molecule has 8 nitrogen and oxygen atoms in total. The summed E-state index contributed by atoms with van der Waals surface area (Å²) in [5, 5.41) is 0. The third kappa shape index (κ3) is 4.68. The maximum absolute atomic E-state index is 13.1. The van der Waals surface area contributed by atoms with Crippen molar-refractivity contribution in [1.82, 2.24) is 0 Å². The Balaban J connectivity index is 1.68. The van der Waals surface area contributed by atoms with Gasteiger partial charge >= 0.3 is 11.9 Å². The van der Waals surface area contributed by atoms with Crippen LogP contribution in [0.3, 0.4) is 0 Å². The lowest BCUT2D eigenvalue weighted by Crippen LogP contribution is -2.48. The third-order valence-electron chi connectivity index (χ3n) is 7.66. The summed E-state index contributed by atoms with van der Waals surface area (Å²) in [6.45, 7) is 0. The van der Waals surface area contributed by atoms with Gasteiger partial charge in [0.25, 0.3) is 0 Å². The van der Waals surface area contributed by atoms with Gasteiger partial charge in [-0.2, -0.15) is 0 Å². The molecule has 0 aromatic heterocycles. The van der Waals surface area contributed by atoms with Crippen molar-refractivity contribution in [3.63, 3.8) is 0 Å². The van der Waals surface area contributed by atoms with Crippen molar-refractivity contribution in [2.24, 2.45) is 11.8 Å². The minimum absolute atomic E-state index is 0.248. The molecule has 3 aliphatic carbocycles. The van der Waals surface area contributed by atoms with E-state index in [-0.39, 0.29) is 34.3 Å². The predicted octanol–water partition coefficient (Wildman–Crippen LogP) is 3.64. The second kappa shape index (κ2) is 10.6. The van der Waals surface area contributed by atoms with Crippen LogP contribution in [0.4, 0.5) is 0 Å². The molecule has 0 aliphatic heterocycles. The number of methoxy groups -OCH3 is 2. The van der Waals surface area contributed by atoms with Crippen LogP contribution in [0.15, 0.2) is 96.1 Å². The van der Waals surface area contributed by atoms with Crippen molar-refractivity contribution in [1.29, 1.82) is 0 Å². The molecule has 40 heavy (non-hydrogen) atoms. The van der Waals surface area contributed by atoms with Gasteiger partial charge in [0.1, 0.15) is 0 Å². The topological polar surface area (TPSA) is 121 Å². The number of hydrogen-bond acceptors (Lipinski definition) is 8. The number of ketones is 4. The second-order valence-electron chi connectivity index (χ2n) is 9.73. The number of carbonyl (C=O) groups is 6. The number of benzene rings is 2. The minimum atomic E-state index is -0.620.